The molecular weight excluding hydrogens is 300 g/mol. The molecule has 2 aromatic heterocycles. The van der Waals surface area contributed by atoms with E-state index in [0.717, 1.165) is 17.6 Å². The minimum Gasteiger partial charge on any atom is -0.381 e. The maximum Gasteiger partial charge on any atom is 0.269 e. The standard InChI is InChI=1S/C19H20N4O/c24-19(18-8-7-15(12-22-18)23-14-5-6-14)20-10-9-13-11-21-17-4-2-1-3-16(13)17/h1-4,7-8,11-12,14,21,23H,5-6,9-10H2,(H,20,24). The lowest BCUT2D eigenvalue weighted by molar-refractivity contribution is 0.0949. The van der Waals surface area contributed by atoms with Crippen LogP contribution in [0.15, 0.2) is 48.8 Å². The van der Waals surface area contributed by atoms with Gasteiger partial charge in [-0.05, 0) is 43.0 Å². The molecule has 5 heteroatoms. The first-order valence-corrected chi connectivity index (χ1v) is 8.35. The number of para-hydroxylation sites is 1. The lowest BCUT2D eigenvalue weighted by atomic mass is 10.1. The Labute approximate surface area is 140 Å². The van der Waals surface area contributed by atoms with Crippen molar-refractivity contribution in [1.29, 1.82) is 0 Å². The van der Waals surface area contributed by atoms with E-state index >= 15 is 0 Å². The Hall–Kier alpha value is -2.82. The summed E-state index contributed by atoms with van der Waals surface area (Å²) in [6.45, 7) is 0.588. The number of anilines is 1. The average Bonchev–Trinajstić information content (AvgIpc) is 3.34. The topological polar surface area (TPSA) is 69.8 Å². The molecule has 1 aliphatic carbocycles. The number of nitrogens with zero attached hydrogens (tertiary/aromatic N) is 1. The average molecular weight is 320 g/mol. The summed E-state index contributed by atoms with van der Waals surface area (Å²) in [5.41, 5.74) is 3.77. The summed E-state index contributed by atoms with van der Waals surface area (Å²) >= 11 is 0. The number of hydrogen-bond donors (Lipinski definition) is 3. The van der Waals surface area contributed by atoms with E-state index in [1.807, 2.05) is 24.4 Å². The van der Waals surface area contributed by atoms with Gasteiger partial charge < -0.3 is 15.6 Å². The zero-order chi connectivity index (χ0) is 16.4. The maximum atomic E-state index is 12.2. The number of rotatable bonds is 6. The molecule has 1 aliphatic rings. The highest BCUT2D eigenvalue weighted by Gasteiger charge is 2.20. The number of nitrogens with one attached hydrogen (secondary N) is 3. The molecule has 1 aromatic carbocycles. The zero-order valence-corrected chi connectivity index (χ0v) is 13.4. The van der Waals surface area contributed by atoms with Gasteiger partial charge in [0.05, 0.1) is 11.9 Å². The Bertz CT molecular complexity index is 849. The molecule has 122 valence electrons. The van der Waals surface area contributed by atoms with E-state index < -0.39 is 0 Å². The fourth-order valence-corrected chi connectivity index (χ4v) is 2.82. The number of hydrogen-bond acceptors (Lipinski definition) is 3. The molecule has 1 fully saturated rings. The molecule has 0 radical (unpaired) electrons. The number of aromatic amines is 1. The van der Waals surface area contributed by atoms with E-state index in [9.17, 15) is 4.79 Å². The van der Waals surface area contributed by atoms with Crippen molar-refractivity contribution in [3.8, 4) is 0 Å². The first kappa shape index (κ1) is 14.8. The second-order valence-corrected chi connectivity index (χ2v) is 6.22. The molecule has 5 nitrogen and oxygen atoms in total. The normalized spacial score (nSPS) is 13.8. The van der Waals surface area contributed by atoms with E-state index in [4.69, 9.17) is 0 Å². The van der Waals surface area contributed by atoms with Crippen LogP contribution in [0.25, 0.3) is 10.9 Å². The van der Waals surface area contributed by atoms with E-state index in [2.05, 4.69) is 32.7 Å². The molecule has 4 rings (SSSR count). The molecule has 1 amide bonds. The van der Waals surface area contributed by atoms with Gasteiger partial charge in [-0.2, -0.15) is 0 Å². The minimum absolute atomic E-state index is 0.132. The third kappa shape index (κ3) is 3.25. The molecule has 0 unspecified atom stereocenters. The Balaban J connectivity index is 1.32. The smallest absolute Gasteiger partial charge is 0.269 e. The molecule has 3 N–H and O–H groups in total. The van der Waals surface area contributed by atoms with E-state index in [1.54, 1.807) is 12.3 Å². The van der Waals surface area contributed by atoms with Crippen LogP contribution >= 0.6 is 0 Å². The summed E-state index contributed by atoms with van der Waals surface area (Å²) in [5, 5.41) is 7.51. The summed E-state index contributed by atoms with van der Waals surface area (Å²) < 4.78 is 0. The summed E-state index contributed by atoms with van der Waals surface area (Å²) in [5.74, 6) is -0.132. The SMILES string of the molecule is O=C(NCCc1c[nH]c2ccccc12)c1ccc(NC2CC2)cn1. The van der Waals surface area contributed by atoms with Gasteiger partial charge >= 0.3 is 0 Å². The third-order valence-electron chi connectivity index (χ3n) is 4.30. The molecule has 3 aromatic rings. The van der Waals surface area contributed by atoms with Gasteiger partial charge in [-0.1, -0.05) is 18.2 Å². The number of carbonyl (C=O) groups is 1. The van der Waals surface area contributed by atoms with Crippen molar-refractivity contribution in [2.75, 3.05) is 11.9 Å². The van der Waals surface area contributed by atoms with Gasteiger partial charge in [-0.3, -0.25) is 4.79 Å². The van der Waals surface area contributed by atoms with Gasteiger partial charge in [-0.15, -0.1) is 0 Å². The molecule has 24 heavy (non-hydrogen) atoms. The van der Waals surface area contributed by atoms with Gasteiger partial charge in [0.1, 0.15) is 5.69 Å². The van der Waals surface area contributed by atoms with Crippen molar-refractivity contribution in [2.45, 2.75) is 25.3 Å². The first-order chi connectivity index (χ1) is 11.8. The van der Waals surface area contributed by atoms with Gasteiger partial charge in [0.25, 0.3) is 5.91 Å². The van der Waals surface area contributed by atoms with Gasteiger partial charge in [0.2, 0.25) is 0 Å². The van der Waals surface area contributed by atoms with Crippen molar-refractivity contribution in [2.24, 2.45) is 0 Å². The van der Waals surface area contributed by atoms with Crippen LogP contribution in [0.5, 0.6) is 0 Å². The van der Waals surface area contributed by atoms with Gasteiger partial charge in [-0.25, -0.2) is 4.98 Å². The van der Waals surface area contributed by atoms with Gasteiger partial charge in [0.15, 0.2) is 0 Å². The lowest BCUT2D eigenvalue weighted by Crippen LogP contribution is -2.26. The largest absolute Gasteiger partial charge is 0.381 e. The molecule has 0 aliphatic heterocycles. The van der Waals surface area contributed by atoms with E-state index in [1.165, 1.54) is 23.8 Å². The van der Waals surface area contributed by atoms with Crippen LogP contribution in [0.2, 0.25) is 0 Å². The predicted octanol–water partition coefficient (Wildman–Crippen LogP) is 3.11. The quantitative estimate of drug-likeness (QED) is 0.653. The van der Waals surface area contributed by atoms with Crippen LogP contribution < -0.4 is 10.6 Å². The number of fused-ring (bicyclic) bond motifs is 1. The fraction of sp³-hybridized carbons (Fsp3) is 0.263. The summed E-state index contributed by atoms with van der Waals surface area (Å²) in [6, 6.07) is 12.5. The van der Waals surface area contributed by atoms with E-state index in [0.29, 0.717) is 18.3 Å². The molecule has 0 atom stereocenters. The highest BCUT2D eigenvalue weighted by Crippen LogP contribution is 2.24. The van der Waals surface area contributed by atoms with Crippen LogP contribution in [0.3, 0.4) is 0 Å². The monoisotopic (exact) mass is 320 g/mol. The predicted molar refractivity (Wildman–Crippen MR) is 95.2 cm³/mol. The van der Waals surface area contributed by atoms with Crippen LogP contribution in [0.1, 0.15) is 28.9 Å². The highest BCUT2D eigenvalue weighted by molar-refractivity contribution is 5.92. The summed E-state index contributed by atoms with van der Waals surface area (Å²) in [4.78, 5) is 19.7. The second kappa shape index (κ2) is 6.35. The second-order valence-electron chi connectivity index (χ2n) is 6.22. The molecule has 1 saturated carbocycles. The summed E-state index contributed by atoms with van der Waals surface area (Å²) in [7, 11) is 0. The fourth-order valence-electron chi connectivity index (χ4n) is 2.82. The van der Waals surface area contributed by atoms with Crippen molar-refractivity contribution in [3.63, 3.8) is 0 Å². The van der Waals surface area contributed by atoms with Crippen molar-refractivity contribution in [1.82, 2.24) is 15.3 Å². The Morgan fingerprint density at radius 1 is 1.21 bits per heavy atom. The Morgan fingerprint density at radius 2 is 2.08 bits per heavy atom. The minimum atomic E-state index is -0.132. The number of amides is 1. The molecule has 0 bridgehead atoms. The molecule has 0 saturated heterocycles. The first-order valence-electron chi connectivity index (χ1n) is 8.35. The third-order valence-corrected chi connectivity index (χ3v) is 4.30. The number of pyridine rings is 1. The Kier molecular flexibility index (Phi) is 3.91. The number of H-pyrrole nitrogens is 1. The number of carbonyl (C=O) groups excluding carboxylic acids is 1. The molecular formula is C19H20N4O. The van der Waals surface area contributed by atoms with Crippen LogP contribution in [0, 0.1) is 0 Å². The maximum absolute atomic E-state index is 12.2. The van der Waals surface area contributed by atoms with Crippen LogP contribution in [-0.4, -0.2) is 28.5 Å². The van der Waals surface area contributed by atoms with Crippen LogP contribution in [0.4, 0.5) is 5.69 Å². The van der Waals surface area contributed by atoms with Crippen LogP contribution in [-0.2, 0) is 6.42 Å². The molecule has 0 spiro atoms. The van der Waals surface area contributed by atoms with Crippen molar-refractivity contribution in [3.05, 3.63) is 60.0 Å². The zero-order valence-electron chi connectivity index (χ0n) is 13.4. The lowest BCUT2D eigenvalue weighted by Gasteiger charge is -2.06. The van der Waals surface area contributed by atoms with Gasteiger partial charge in [0, 0.05) is 29.7 Å². The number of aromatic nitrogens is 2. The summed E-state index contributed by atoms with van der Waals surface area (Å²) in [6.07, 6.45) is 6.96. The Morgan fingerprint density at radius 3 is 2.88 bits per heavy atom. The van der Waals surface area contributed by atoms with Crippen molar-refractivity contribution >= 4 is 22.5 Å². The number of benzene rings is 1. The molecule has 2 heterocycles. The van der Waals surface area contributed by atoms with Crippen molar-refractivity contribution < 1.29 is 4.79 Å². The highest BCUT2D eigenvalue weighted by atomic mass is 16.1. The van der Waals surface area contributed by atoms with E-state index in [-0.39, 0.29) is 5.91 Å².